The zero-order valence-electron chi connectivity index (χ0n) is 19.7. The first-order chi connectivity index (χ1) is 16.4. The molecule has 0 radical (unpaired) electrons. The lowest BCUT2D eigenvalue weighted by Gasteiger charge is -2.36. The lowest BCUT2D eigenvalue weighted by Crippen LogP contribution is -2.49. The number of carbonyl (C=O) groups excluding carboxylic acids is 1. The lowest BCUT2D eigenvalue weighted by molar-refractivity contribution is 0.0739. The summed E-state index contributed by atoms with van der Waals surface area (Å²) in [5.41, 5.74) is 0.478. The van der Waals surface area contributed by atoms with Gasteiger partial charge in [0.25, 0.3) is 5.91 Å². The molecule has 1 amide bonds. The fraction of sp³-hybridized carbons (Fsp3) is 0.458. The highest BCUT2D eigenvalue weighted by Crippen LogP contribution is 2.30. The molecule has 2 aromatic rings. The van der Waals surface area contributed by atoms with Crippen LogP contribution in [0.5, 0.6) is 5.75 Å². The van der Waals surface area contributed by atoms with Gasteiger partial charge in [0.2, 0.25) is 0 Å². The third-order valence-corrected chi connectivity index (χ3v) is 8.68. The van der Waals surface area contributed by atoms with Crippen LogP contribution in [0.4, 0.5) is 10.1 Å². The van der Waals surface area contributed by atoms with E-state index >= 15 is 0 Å². The van der Waals surface area contributed by atoms with Gasteiger partial charge in [-0.2, -0.15) is 0 Å². The van der Waals surface area contributed by atoms with Crippen molar-refractivity contribution in [1.82, 2.24) is 4.90 Å². The fourth-order valence-electron chi connectivity index (χ4n) is 4.49. The Bertz CT molecular complexity index is 1330. The number of anilines is 1. The fourth-order valence-corrected chi connectivity index (χ4v) is 5.77. The molecule has 1 saturated carbocycles. The van der Waals surface area contributed by atoms with Crippen LogP contribution >= 0.6 is 0 Å². The first-order valence-electron chi connectivity index (χ1n) is 11.5. The second kappa shape index (κ2) is 9.77. The summed E-state index contributed by atoms with van der Waals surface area (Å²) in [4.78, 5) is 16.7. The molecular formula is C24H29FN2O6S2. The maximum Gasteiger partial charge on any atom is 0.257 e. The summed E-state index contributed by atoms with van der Waals surface area (Å²) in [5.74, 6) is -0.601. The molecular weight excluding hydrogens is 495 g/mol. The van der Waals surface area contributed by atoms with E-state index in [1.54, 1.807) is 15.9 Å². The highest BCUT2D eigenvalue weighted by Gasteiger charge is 2.28. The van der Waals surface area contributed by atoms with Gasteiger partial charge in [-0.1, -0.05) is 0 Å². The van der Waals surface area contributed by atoms with Crippen LogP contribution in [0.3, 0.4) is 0 Å². The van der Waals surface area contributed by atoms with E-state index in [1.807, 2.05) is 0 Å². The average molecular weight is 525 g/mol. The van der Waals surface area contributed by atoms with Crippen molar-refractivity contribution in [2.75, 3.05) is 43.6 Å². The molecule has 11 heteroatoms. The number of rotatable bonds is 6. The molecule has 1 aliphatic carbocycles. The van der Waals surface area contributed by atoms with Gasteiger partial charge in [-0.25, -0.2) is 21.2 Å². The Morgan fingerprint density at radius 2 is 1.46 bits per heavy atom. The number of hydrogen-bond acceptors (Lipinski definition) is 7. The van der Waals surface area contributed by atoms with Crippen molar-refractivity contribution in [2.45, 2.75) is 41.6 Å². The number of nitrogens with zero attached hydrogens (tertiary/aromatic N) is 2. The summed E-state index contributed by atoms with van der Waals surface area (Å²) in [7, 11) is -7.03. The highest BCUT2D eigenvalue weighted by atomic mass is 32.2. The largest absolute Gasteiger partial charge is 0.490 e. The number of hydrogen-bond donors (Lipinski definition) is 0. The molecule has 2 aliphatic rings. The number of benzene rings is 2. The first kappa shape index (κ1) is 25.4. The van der Waals surface area contributed by atoms with E-state index in [0.717, 1.165) is 44.3 Å². The maximum absolute atomic E-state index is 14.6. The minimum atomic E-state index is -3.52. The van der Waals surface area contributed by atoms with E-state index in [1.165, 1.54) is 24.3 Å². The SMILES string of the molecule is CS(=O)(=O)c1ccc(N2CCN(C(=O)c3cc(S(C)(=O)=O)ccc3OC3CCCC3)CC2)c(F)c1. The number of ether oxygens (including phenoxy) is 1. The van der Waals surface area contributed by atoms with Gasteiger partial charge in [0.05, 0.1) is 27.1 Å². The molecule has 1 heterocycles. The molecule has 2 fully saturated rings. The Labute approximate surface area is 205 Å². The van der Waals surface area contributed by atoms with Crippen LogP contribution < -0.4 is 9.64 Å². The minimum absolute atomic E-state index is 0.000336. The van der Waals surface area contributed by atoms with Crippen molar-refractivity contribution in [3.05, 3.63) is 47.8 Å². The van der Waals surface area contributed by atoms with Gasteiger partial charge < -0.3 is 14.5 Å². The van der Waals surface area contributed by atoms with E-state index in [9.17, 15) is 26.0 Å². The van der Waals surface area contributed by atoms with Gasteiger partial charge in [0.1, 0.15) is 11.6 Å². The summed E-state index contributed by atoms with van der Waals surface area (Å²) in [6, 6.07) is 8.19. The van der Waals surface area contributed by atoms with Crippen LogP contribution in [0.1, 0.15) is 36.0 Å². The zero-order valence-corrected chi connectivity index (χ0v) is 21.4. The van der Waals surface area contributed by atoms with Crippen LogP contribution in [0.15, 0.2) is 46.2 Å². The molecule has 0 N–H and O–H groups in total. The molecule has 0 spiro atoms. The standard InChI is InChI=1S/C24H29FN2O6S2/c1-34(29,30)18-8-10-23(33-17-5-3-4-6-17)20(15-18)24(28)27-13-11-26(12-14-27)22-9-7-19(16-21(22)25)35(2,31)32/h7-10,15-17H,3-6,11-14H2,1-2H3. The van der Waals surface area contributed by atoms with Crippen LogP contribution in [-0.2, 0) is 19.7 Å². The van der Waals surface area contributed by atoms with Crippen LogP contribution in [0.2, 0.25) is 0 Å². The minimum Gasteiger partial charge on any atom is -0.490 e. The van der Waals surface area contributed by atoms with Crippen LogP contribution in [-0.4, -0.2) is 72.4 Å². The predicted octanol–water partition coefficient (Wildman–Crippen LogP) is 2.92. The summed E-state index contributed by atoms with van der Waals surface area (Å²) >= 11 is 0. The molecule has 0 atom stereocenters. The van der Waals surface area contributed by atoms with E-state index < -0.39 is 25.5 Å². The molecule has 1 saturated heterocycles. The van der Waals surface area contributed by atoms with Crippen molar-refractivity contribution in [1.29, 1.82) is 0 Å². The van der Waals surface area contributed by atoms with Gasteiger partial charge in [0.15, 0.2) is 19.7 Å². The lowest BCUT2D eigenvalue weighted by atomic mass is 10.1. The third kappa shape index (κ3) is 5.78. The van der Waals surface area contributed by atoms with E-state index in [0.29, 0.717) is 18.8 Å². The molecule has 8 nitrogen and oxygen atoms in total. The maximum atomic E-state index is 14.6. The Hall–Kier alpha value is -2.66. The number of halogens is 1. The normalized spacial score (nSPS) is 17.6. The van der Waals surface area contributed by atoms with E-state index in [4.69, 9.17) is 4.74 Å². The first-order valence-corrected chi connectivity index (χ1v) is 15.3. The van der Waals surface area contributed by atoms with Crippen molar-refractivity contribution in [3.8, 4) is 5.75 Å². The van der Waals surface area contributed by atoms with Gasteiger partial charge in [0, 0.05) is 38.7 Å². The molecule has 0 aromatic heterocycles. The van der Waals surface area contributed by atoms with Crippen LogP contribution in [0, 0.1) is 5.82 Å². The van der Waals surface area contributed by atoms with E-state index in [-0.39, 0.29) is 46.1 Å². The summed E-state index contributed by atoms with van der Waals surface area (Å²) in [6.07, 6.45) is 6.01. The quantitative estimate of drug-likeness (QED) is 0.573. The van der Waals surface area contributed by atoms with Crippen LogP contribution in [0.25, 0.3) is 0 Å². The van der Waals surface area contributed by atoms with E-state index in [2.05, 4.69) is 0 Å². The smallest absolute Gasteiger partial charge is 0.257 e. The van der Waals surface area contributed by atoms with Gasteiger partial charge in [-0.05, 0) is 62.1 Å². The Kier molecular flexibility index (Phi) is 7.10. The molecule has 0 unspecified atom stereocenters. The number of carbonyl (C=O) groups is 1. The number of piperazine rings is 1. The monoisotopic (exact) mass is 524 g/mol. The molecule has 0 bridgehead atoms. The Balaban J connectivity index is 1.52. The predicted molar refractivity (Wildman–Crippen MR) is 130 cm³/mol. The summed E-state index contributed by atoms with van der Waals surface area (Å²) in [5, 5.41) is 0. The molecule has 190 valence electrons. The molecule has 4 rings (SSSR count). The van der Waals surface area contributed by atoms with Crippen molar-refractivity contribution in [3.63, 3.8) is 0 Å². The average Bonchev–Trinajstić information content (AvgIpc) is 3.31. The molecule has 2 aromatic carbocycles. The van der Waals surface area contributed by atoms with Gasteiger partial charge >= 0.3 is 0 Å². The molecule has 35 heavy (non-hydrogen) atoms. The Morgan fingerprint density at radius 1 is 0.886 bits per heavy atom. The molecule has 1 aliphatic heterocycles. The zero-order chi connectivity index (χ0) is 25.4. The van der Waals surface area contributed by atoms with Crippen molar-refractivity contribution >= 4 is 31.3 Å². The van der Waals surface area contributed by atoms with Crippen molar-refractivity contribution in [2.24, 2.45) is 0 Å². The third-order valence-electron chi connectivity index (χ3n) is 6.46. The second-order valence-electron chi connectivity index (χ2n) is 9.12. The van der Waals surface area contributed by atoms with Crippen molar-refractivity contribution < 1.29 is 30.8 Å². The number of sulfone groups is 2. The highest BCUT2D eigenvalue weighted by molar-refractivity contribution is 7.91. The number of amides is 1. The Morgan fingerprint density at radius 3 is 2.03 bits per heavy atom. The summed E-state index contributed by atoms with van der Waals surface area (Å²) < 4.78 is 68.3. The summed E-state index contributed by atoms with van der Waals surface area (Å²) in [6.45, 7) is 1.26. The van der Waals surface area contributed by atoms with Gasteiger partial charge in [-0.3, -0.25) is 4.79 Å². The topological polar surface area (TPSA) is 101 Å². The second-order valence-corrected chi connectivity index (χ2v) is 13.2. The van der Waals surface area contributed by atoms with Gasteiger partial charge in [-0.15, -0.1) is 0 Å².